The van der Waals surface area contributed by atoms with Crippen LogP contribution in [-0.4, -0.2) is 22.0 Å². The van der Waals surface area contributed by atoms with Gasteiger partial charge in [-0.15, -0.1) is 11.6 Å². The van der Waals surface area contributed by atoms with E-state index in [-0.39, 0.29) is 11.1 Å². The zero-order valence-corrected chi connectivity index (χ0v) is 12.5. The molecular formula is C17H13ClO4. The van der Waals surface area contributed by atoms with E-state index in [1.54, 1.807) is 43.3 Å². The topological polar surface area (TPSA) is 74.6 Å². The molecule has 0 saturated heterocycles. The summed E-state index contributed by atoms with van der Waals surface area (Å²) in [4.78, 5) is 22.6. The largest absolute Gasteiger partial charge is 0.479 e. The Morgan fingerprint density at radius 2 is 1.59 bits per heavy atom. The number of hydrogen-bond acceptors (Lipinski definition) is 3. The summed E-state index contributed by atoms with van der Waals surface area (Å²) in [6.45, 7) is 1.72. The second-order valence-electron chi connectivity index (χ2n) is 5.36. The molecule has 2 atom stereocenters. The van der Waals surface area contributed by atoms with Gasteiger partial charge in [-0.05, 0) is 18.1 Å². The minimum atomic E-state index is -2.52. The van der Waals surface area contributed by atoms with Crippen LogP contribution in [0.4, 0.5) is 0 Å². The Bertz CT molecular complexity index is 801. The first kappa shape index (κ1) is 14.8. The fourth-order valence-electron chi connectivity index (χ4n) is 3.07. The number of carboxylic acid groups (broad SMARTS) is 1. The van der Waals surface area contributed by atoms with Crippen LogP contribution in [0.15, 0.2) is 48.5 Å². The first-order valence-corrected chi connectivity index (χ1v) is 7.08. The lowest BCUT2D eigenvalue weighted by Gasteiger charge is -2.34. The van der Waals surface area contributed by atoms with Gasteiger partial charge in [0.05, 0.1) is 0 Å². The second kappa shape index (κ2) is 4.66. The molecular weight excluding hydrogens is 304 g/mol. The van der Waals surface area contributed by atoms with Gasteiger partial charge in [0.1, 0.15) is 0 Å². The summed E-state index contributed by atoms with van der Waals surface area (Å²) in [6.07, 6.45) is 0. The average molecular weight is 317 g/mol. The number of aliphatic hydroxyl groups is 1. The van der Waals surface area contributed by atoms with E-state index >= 15 is 0 Å². The fourth-order valence-corrected chi connectivity index (χ4v) is 3.57. The smallest absolute Gasteiger partial charge is 0.343 e. The van der Waals surface area contributed by atoms with Crippen molar-refractivity contribution in [1.82, 2.24) is 0 Å². The normalized spacial score (nSPS) is 26.8. The van der Waals surface area contributed by atoms with Crippen molar-refractivity contribution in [3.8, 4) is 0 Å². The molecule has 0 aliphatic heterocycles. The molecule has 0 radical (unpaired) electrons. The SMILES string of the molecule is Cc1ccccc1C1(Cl)C(=O)c2ccccc2C1(O)C(=O)O. The Labute approximate surface area is 132 Å². The van der Waals surface area contributed by atoms with Crippen LogP contribution < -0.4 is 0 Å². The van der Waals surface area contributed by atoms with Crippen molar-refractivity contribution in [2.24, 2.45) is 0 Å². The number of carboxylic acids is 1. The third kappa shape index (κ3) is 1.56. The molecule has 5 heteroatoms. The number of halogens is 1. The van der Waals surface area contributed by atoms with Gasteiger partial charge < -0.3 is 10.2 Å². The van der Waals surface area contributed by atoms with Crippen molar-refractivity contribution in [1.29, 1.82) is 0 Å². The number of Topliss-reactive ketones (excluding diaryl/α,β-unsaturated/α-hetero) is 1. The highest BCUT2D eigenvalue weighted by Crippen LogP contribution is 2.55. The van der Waals surface area contributed by atoms with E-state index in [4.69, 9.17) is 11.6 Å². The molecule has 3 rings (SSSR count). The standard InChI is InChI=1S/C17H13ClO4/c1-10-6-2-4-8-12(10)16(18)14(19)11-7-3-5-9-13(11)17(16,22)15(20)21/h2-9,22H,1H3,(H,20,21). The molecule has 1 aliphatic rings. The number of benzene rings is 2. The van der Waals surface area contributed by atoms with E-state index < -0.39 is 22.2 Å². The highest BCUT2D eigenvalue weighted by molar-refractivity contribution is 6.42. The van der Waals surface area contributed by atoms with E-state index in [1.165, 1.54) is 12.1 Å². The monoisotopic (exact) mass is 316 g/mol. The summed E-state index contributed by atoms with van der Waals surface area (Å²) in [5, 5.41) is 20.6. The minimum absolute atomic E-state index is 0.0192. The Morgan fingerprint density at radius 1 is 1.05 bits per heavy atom. The zero-order chi connectivity index (χ0) is 16.1. The van der Waals surface area contributed by atoms with E-state index in [0.717, 1.165) is 0 Å². The number of aryl methyl sites for hydroxylation is 1. The van der Waals surface area contributed by atoms with E-state index in [0.29, 0.717) is 11.1 Å². The average Bonchev–Trinajstić information content (AvgIpc) is 2.69. The molecule has 4 nitrogen and oxygen atoms in total. The predicted molar refractivity (Wildman–Crippen MR) is 81.0 cm³/mol. The molecule has 0 bridgehead atoms. The van der Waals surface area contributed by atoms with Gasteiger partial charge in [-0.2, -0.15) is 0 Å². The highest BCUT2D eigenvalue weighted by Gasteiger charge is 2.68. The molecule has 0 heterocycles. The summed E-state index contributed by atoms with van der Waals surface area (Å²) >= 11 is 6.54. The highest BCUT2D eigenvalue weighted by atomic mass is 35.5. The number of rotatable bonds is 2. The van der Waals surface area contributed by atoms with Crippen LogP contribution >= 0.6 is 11.6 Å². The molecule has 0 amide bonds. The Hall–Kier alpha value is -2.17. The van der Waals surface area contributed by atoms with E-state index in [2.05, 4.69) is 0 Å². The van der Waals surface area contributed by atoms with E-state index in [9.17, 15) is 19.8 Å². The summed E-state index contributed by atoms with van der Waals surface area (Å²) < 4.78 is 0. The van der Waals surface area contributed by atoms with E-state index in [1.807, 2.05) is 0 Å². The third-order valence-corrected chi connectivity index (χ3v) is 4.85. The van der Waals surface area contributed by atoms with Crippen molar-refractivity contribution in [3.63, 3.8) is 0 Å². The van der Waals surface area contributed by atoms with Gasteiger partial charge in [0.25, 0.3) is 0 Å². The van der Waals surface area contributed by atoms with Gasteiger partial charge in [0.15, 0.2) is 10.7 Å². The first-order valence-electron chi connectivity index (χ1n) is 6.70. The lowest BCUT2D eigenvalue weighted by atomic mass is 9.79. The van der Waals surface area contributed by atoms with Gasteiger partial charge in [-0.3, -0.25) is 4.79 Å². The van der Waals surface area contributed by atoms with Crippen LogP contribution in [0.1, 0.15) is 27.0 Å². The molecule has 1 aliphatic carbocycles. The maximum absolute atomic E-state index is 12.8. The molecule has 2 unspecified atom stereocenters. The number of fused-ring (bicyclic) bond motifs is 1. The zero-order valence-electron chi connectivity index (χ0n) is 11.7. The summed E-state index contributed by atoms with van der Waals surface area (Å²) in [5.41, 5.74) is -1.44. The molecule has 0 aromatic heterocycles. The molecule has 2 aromatic carbocycles. The van der Waals surface area contributed by atoms with Gasteiger partial charge >= 0.3 is 5.97 Å². The molecule has 22 heavy (non-hydrogen) atoms. The molecule has 0 saturated carbocycles. The van der Waals surface area contributed by atoms with Crippen LogP contribution in [0.5, 0.6) is 0 Å². The van der Waals surface area contributed by atoms with Crippen LogP contribution in [-0.2, 0) is 15.3 Å². The number of hydrogen-bond donors (Lipinski definition) is 2. The quantitative estimate of drug-likeness (QED) is 0.835. The van der Waals surface area contributed by atoms with Gasteiger partial charge in [-0.25, -0.2) is 4.79 Å². The maximum Gasteiger partial charge on any atom is 0.343 e. The number of carbonyl (C=O) groups is 2. The molecule has 0 fully saturated rings. The predicted octanol–water partition coefficient (Wildman–Crippen LogP) is 2.60. The third-order valence-electron chi connectivity index (χ3n) is 4.20. The number of aliphatic carboxylic acids is 1. The fraction of sp³-hybridized carbons (Fsp3) is 0.176. The van der Waals surface area contributed by atoms with Crippen LogP contribution in [0, 0.1) is 6.92 Å². The van der Waals surface area contributed by atoms with Gasteiger partial charge in [0.2, 0.25) is 5.60 Å². The summed E-state index contributed by atoms with van der Waals surface area (Å²) in [7, 11) is 0. The van der Waals surface area contributed by atoms with Crippen molar-refractivity contribution in [2.75, 3.05) is 0 Å². The second-order valence-corrected chi connectivity index (χ2v) is 5.93. The Balaban J connectivity index is 2.40. The van der Waals surface area contributed by atoms with Crippen molar-refractivity contribution in [3.05, 3.63) is 70.8 Å². The maximum atomic E-state index is 12.8. The molecule has 0 spiro atoms. The number of ketones is 1. The Morgan fingerprint density at radius 3 is 2.18 bits per heavy atom. The van der Waals surface area contributed by atoms with Crippen molar-refractivity contribution in [2.45, 2.75) is 17.4 Å². The van der Waals surface area contributed by atoms with Crippen LogP contribution in [0.25, 0.3) is 0 Å². The lowest BCUT2D eigenvalue weighted by Crippen LogP contribution is -2.51. The summed E-state index contributed by atoms with van der Waals surface area (Å²) in [6, 6.07) is 12.8. The van der Waals surface area contributed by atoms with Crippen molar-refractivity contribution < 1.29 is 19.8 Å². The minimum Gasteiger partial charge on any atom is -0.479 e. The summed E-state index contributed by atoms with van der Waals surface area (Å²) in [5.74, 6) is -2.16. The Kier molecular flexibility index (Phi) is 3.13. The molecule has 2 N–H and O–H groups in total. The number of alkyl halides is 1. The molecule has 2 aromatic rings. The first-order chi connectivity index (χ1) is 10.3. The van der Waals surface area contributed by atoms with Gasteiger partial charge in [-0.1, -0.05) is 48.5 Å². The van der Waals surface area contributed by atoms with Crippen LogP contribution in [0.3, 0.4) is 0 Å². The van der Waals surface area contributed by atoms with Crippen molar-refractivity contribution >= 4 is 23.4 Å². The van der Waals surface area contributed by atoms with Crippen LogP contribution in [0.2, 0.25) is 0 Å². The van der Waals surface area contributed by atoms with Gasteiger partial charge in [0, 0.05) is 11.1 Å². The lowest BCUT2D eigenvalue weighted by molar-refractivity contribution is -0.162. The number of carbonyl (C=O) groups excluding carboxylic acids is 1. The molecule has 112 valence electrons.